The molecule has 8 heteroatoms. The number of nitriles is 1. The van der Waals surface area contributed by atoms with Crippen LogP contribution in [0.25, 0.3) is 0 Å². The van der Waals surface area contributed by atoms with E-state index in [2.05, 4.69) is 48.2 Å². The summed E-state index contributed by atoms with van der Waals surface area (Å²) >= 11 is 0. The second kappa shape index (κ2) is 17.0. The average molecular weight is 671 g/mol. The Balaban J connectivity index is 1.04. The molecular formula is C39H67N4O3P. The summed E-state index contributed by atoms with van der Waals surface area (Å²) in [6.45, 7) is 14.5. The topological polar surface area (TPSA) is 69.0 Å². The molecule has 6 rings (SSSR count). The fourth-order valence-corrected chi connectivity index (χ4v) is 12.5. The molecule has 6 aliphatic rings. The number of hydrogen-bond acceptors (Lipinski definition) is 6. The molecule has 0 bridgehead atoms. The minimum absolute atomic E-state index is 0.308. The second-order valence-electron chi connectivity index (χ2n) is 17.2. The van der Waals surface area contributed by atoms with Crippen LogP contribution in [-0.2, 0) is 13.8 Å². The number of fused-ring (bicyclic) bond motifs is 1. The summed E-state index contributed by atoms with van der Waals surface area (Å²) in [5.41, 5.74) is 0. The maximum absolute atomic E-state index is 14.0. The lowest BCUT2D eigenvalue weighted by molar-refractivity contribution is -0.134. The number of likely N-dealkylation sites (tertiary alicyclic amines) is 1. The largest absolute Gasteiger partial charge is 0.342 e. The maximum Gasteiger partial charge on any atom is 0.259 e. The predicted octanol–water partition coefficient (Wildman–Crippen LogP) is 8.50. The molecule has 5 unspecified atom stereocenters. The van der Waals surface area contributed by atoms with Gasteiger partial charge in [-0.05, 0) is 119 Å². The number of piperidine rings is 1. The Bertz CT molecular complexity index is 1030. The van der Waals surface area contributed by atoms with E-state index in [1.54, 1.807) is 0 Å². The fourth-order valence-electron chi connectivity index (χ4n) is 10.8. The first-order valence-corrected chi connectivity index (χ1v) is 21.2. The molecule has 1 amide bonds. The summed E-state index contributed by atoms with van der Waals surface area (Å²) in [4.78, 5) is 18.9. The van der Waals surface area contributed by atoms with E-state index in [1.807, 2.05) is 0 Å². The Hall–Kier alpha value is -0.770. The third-order valence-corrected chi connectivity index (χ3v) is 15.6. The van der Waals surface area contributed by atoms with Gasteiger partial charge in [-0.25, -0.2) is 4.67 Å². The molecule has 6 fully saturated rings. The van der Waals surface area contributed by atoms with Gasteiger partial charge in [0.25, 0.3) is 8.53 Å². The van der Waals surface area contributed by atoms with E-state index in [0.29, 0.717) is 50.1 Å². The molecule has 0 aromatic rings. The highest BCUT2D eigenvalue weighted by Crippen LogP contribution is 2.61. The van der Waals surface area contributed by atoms with Crippen LogP contribution < -0.4 is 0 Å². The Morgan fingerprint density at radius 2 is 1.45 bits per heavy atom. The fraction of sp³-hybridized carbons (Fsp3) is 0.949. The predicted molar refractivity (Wildman–Crippen MR) is 190 cm³/mol. The number of amides is 1. The van der Waals surface area contributed by atoms with Crippen LogP contribution in [-0.4, -0.2) is 78.4 Å². The third kappa shape index (κ3) is 9.13. The van der Waals surface area contributed by atoms with Crippen molar-refractivity contribution in [1.29, 1.82) is 5.26 Å². The normalized spacial score (nSPS) is 32.4. The zero-order valence-electron chi connectivity index (χ0n) is 30.4. The van der Waals surface area contributed by atoms with E-state index in [-0.39, 0.29) is 0 Å². The van der Waals surface area contributed by atoms with Crippen molar-refractivity contribution in [2.45, 2.75) is 136 Å². The highest BCUT2D eigenvalue weighted by Gasteiger charge is 2.55. The van der Waals surface area contributed by atoms with Crippen LogP contribution in [0.4, 0.5) is 0 Å². The van der Waals surface area contributed by atoms with Crippen molar-refractivity contribution in [3.05, 3.63) is 0 Å². The molecule has 0 spiro atoms. The summed E-state index contributed by atoms with van der Waals surface area (Å²) in [5.74, 6) is 8.19. The van der Waals surface area contributed by atoms with Crippen molar-refractivity contribution in [2.24, 2.45) is 53.3 Å². The van der Waals surface area contributed by atoms with Gasteiger partial charge in [0.2, 0.25) is 5.91 Å². The molecular weight excluding hydrogens is 603 g/mol. The zero-order chi connectivity index (χ0) is 32.9. The van der Waals surface area contributed by atoms with Crippen molar-refractivity contribution < 1.29 is 13.8 Å². The number of carbonyl (C=O) groups is 1. The van der Waals surface area contributed by atoms with Gasteiger partial charge in [0.15, 0.2) is 0 Å². The van der Waals surface area contributed by atoms with Crippen LogP contribution in [0.5, 0.6) is 0 Å². The standard InChI is InChI=1S/C39H67N4O3P/c1-28(2)43(29(3)4)47(45-21-9-18-40)46-27-30-16-19-42(20-17-30)39(44)26-41(24-33-14-8-15-35(33)31-12-7-13-31)25-38-36(22-34-23-37(34)38)32-10-5-6-11-32/h28-38H,5-17,19-27H2,1-4H3/t33-,34?,35?,36?,37?,38-,47?/m1/s1. The lowest BCUT2D eigenvalue weighted by Crippen LogP contribution is -2.48. The van der Waals surface area contributed by atoms with Gasteiger partial charge in [0, 0.05) is 38.3 Å². The Kier molecular flexibility index (Phi) is 13.0. The molecule has 5 aliphatic carbocycles. The molecule has 5 saturated carbocycles. The minimum atomic E-state index is -1.21. The van der Waals surface area contributed by atoms with Crippen LogP contribution in [0.1, 0.15) is 124 Å². The van der Waals surface area contributed by atoms with Crippen molar-refractivity contribution in [1.82, 2.24) is 14.5 Å². The summed E-state index contributed by atoms with van der Waals surface area (Å²) in [6.07, 6.45) is 19.7. The van der Waals surface area contributed by atoms with E-state index in [0.717, 1.165) is 73.3 Å². The highest BCUT2D eigenvalue weighted by atomic mass is 31.2. The van der Waals surface area contributed by atoms with Gasteiger partial charge in [-0.1, -0.05) is 51.4 Å². The minimum Gasteiger partial charge on any atom is -0.342 e. The van der Waals surface area contributed by atoms with Crippen LogP contribution in [0.2, 0.25) is 0 Å². The SMILES string of the molecule is CC(C)N(C(C)C)P(OCCC#N)OCC1CCN(C(=O)CN(C[C@H]2CCCC2C2CCC2)C[C@@H]2C(C3CCCC3)CC3CC32)CC1. The Morgan fingerprint density at radius 3 is 2.09 bits per heavy atom. The lowest BCUT2D eigenvalue weighted by Gasteiger charge is -2.40. The zero-order valence-corrected chi connectivity index (χ0v) is 31.3. The van der Waals surface area contributed by atoms with Crippen LogP contribution in [0, 0.1) is 64.6 Å². The van der Waals surface area contributed by atoms with Gasteiger partial charge in [0.1, 0.15) is 0 Å². The molecule has 1 heterocycles. The molecule has 7 atom stereocenters. The smallest absolute Gasteiger partial charge is 0.259 e. The molecule has 1 aliphatic heterocycles. The monoisotopic (exact) mass is 670 g/mol. The highest BCUT2D eigenvalue weighted by molar-refractivity contribution is 7.44. The molecule has 1 saturated heterocycles. The van der Waals surface area contributed by atoms with Gasteiger partial charge in [-0.2, -0.15) is 5.26 Å². The molecule has 0 N–H and O–H groups in total. The van der Waals surface area contributed by atoms with Crippen molar-refractivity contribution in [3.8, 4) is 6.07 Å². The third-order valence-electron chi connectivity index (χ3n) is 13.5. The Morgan fingerprint density at radius 1 is 0.809 bits per heavy atom. The van der Waals surface area contributed by atoms with Crippen molar-refractivity contribution in [2.75, 3.05) is 45.9 Å². The summed E-state index contributed by atoms with van der Waals surface area (Å²) in [5, 5.41) is 9.04. The summed E-state index contributed by atoms with van der Waals surface area (Å²) < 4.78 is 14.9. The quantitative estimate of drug-likeness (QED) is 0.114. The first-order valence-electron chi connectivity index (χ1n) is 20.0. The number of nitrogens with zero attached hydrogens (tertiary/aromatic N) is 4. The van der Waals surface area contributed by atoms with Crippen LogP contribution in [0.3, 0.4) is 0 Å². The van der Waals surface area contributed by atoms with Gasteiger partial charge < -0.3 is 13.9 Å². The summed E-state index contributed by atoms with van der Waals surface area (Å²) in [7, 11) is -1.21. The maximum atomic E-state index is 14.0. The number of rotatable bonds is 17. The summed E-state index contributed by atoms with van der Waals surface area (Å²) in [6, 6.07) is 2.81. The molecule has 0 aromatic heterocycles. The van der Waals surface area contributed by atoms with E-state index < -0.39 is 8.53 Å². The van der Waals surface area contributed by atoms with Gasteiger partial charge in [-0.15, -0.1) is 0 Å². The number of carbonyl (C=O) groups excluding carboxylic acids is 1. The van der Waals surface area contributed by atoms with Crippen LogP contribution >= 0.6 is 8.53 Å². The van der Waals surface area contributed by atoms with E-state index >= 15 is 0 Å². The van der Waals surface area contributed by atoms with Gasteiger partial charge >= 0.3 is 0 Å². The van der Waals surface area contributed by atoms with E-state index in [9.17, 15) is 4.79 Å². The lowest BCUT2D eigenvalue weighted by atomic mass is 9.71. The molecule has 7 nitrogen and oxygen atoms in total. The van der Waals surface area contributed by atoms with Gasteiger partial charge in [0.05, 0.1) is 32.2 Å². The molecule has 0 aromatic carbocycles. The molecule has 266 valence electrons. The first kappa shape index (κ1) is 36.0. The average Bonchev–Trinajstić information content (AvgIpc) is 3.33. The van der Waals surface area contributed by atoms with Crippen molar-refractivity contribution >= 4 is 14.4 Å². The number of hydrogen-bond donors (Lipinski definition) is 0. The Labute approximate surface area is 288 Å². The second-order valence-corrected chi connectivity index (χ2v) is 18.6. The van der Waals surface area contributed by atoms with Gasteiger partial charge in [-0.3, -0.25) is 9.69 Å². The van der Waals surface area contributed by atoms with E-state index in [1.165, 1.54) is 90.1 Å². The molecule has 47 heavy (non-hydrogen) atoms. The first-order chi connectivity index (χ1) is 22.8. The van der Waals surface area contributed by atoms with E-state index in [4.69, 9.17) is 14.3 Å². The van der Waals surface area contributed by atoms with Crippen molar-refractivity contribution in [3.63, 3.8) is 0 Å². The van der Waals surface area contributed by atoms with Crippen LogP contribution in [0.15, 0.2) is 0 Å². The molecule has 0 radical (unpaired) electrons.